The van der Waals surface area contributed by atoms with Crippen LogP contribution in [0, 0.1) is 10.1 Å². The zero-order valence-corrected chi connectivity index (χ0v) is 14.1. The number of nitro groups is 1. The fourth-order valence-corrected chi connectivity index (χ4v) is 2.45. The SMILES string of the molecule is CC(C)(C)c1ccc(C(=O)Cn2cc(Br)c([N+](=O)[O-])n2)cc1. The zero-order valence-electron chi connectivity index (χ0n) is 12.5. The topological polar surface area (TPSA) is 78.0 Å². The number of aromatic nitrogens is 2. The highest BCUT2D eigenvalue weighted by molar-refractivity contribution is 9.10. The number of Topliss-reactive ketones (excluding diaryl/α,β-unsaturated/α-hetero) is 1. The minimum Gasteiger partial charge on any atom is -0.358 e. The standard InChI is InChI=1S/C15H16BrN3O3/c1-15(2,3)11-6-4-10(5-7-11)13(20)9-18-8-12(16)14(17-18)19(21)22/h4-8H,9H2,1-3H3. The molecular formula is C15H16BrN3O3. The molecule has 7 heteroatoms. The van der Waals surface area contributed by atoms with Crippen LogP contribution in [0.15, 0.2) is 34.9 Å². The van der Waals surface area contributed by atoms with Crippen LogP contribution >= 0.6 is 15.9 Å². The molecule has 0 amide bonds. The molecule has 0 saturated carbocycles. The van der Waals surface area contributed by atoms with Gasteiger partial charge in [0, 0.05) is 5.56 Å². The molecule has 0 atom stereocenters. The largest absolute Gasteiger partial charge is 0.404 e. The Bertz CT molecular complexity index is 715. The van der Waals surface area contributed by atoms with Crippen molar-refractivity contribution in [3.05, 3.63) is 56.2 Å². The zero-order chi connectivity index (χ0) is 16.5. The third-order valence-electron chi connectivity index (χ3n) is 3.25. The van der Waals surface area contributed by atoms with E-state index in [0.717, 1.165) is 5.56 Å². The van der Waals surface area contributed by atoms with Crippen molar-refractivity contribution in [2.24, 2.45) is 0 Å². The lowest BCUT2D eigenvalue weighted by Crippen LogP contribution is -2.13. The van der Waals surface area contributed by atoms with E-state index in [1.165, 1.54) is 10.9 Å². The van der Waals surface area contributed by atoms with Crippen molar-refractivity contribution >= 4 is 27.5 Å². The molecule has 0 aliphatic heterocycles. The lowest BCUT2D eigenvalue weighted by atomic mass is 9.86. The Hall–Kier alpha value is -2.02. The Balaban J connectivity index is 2.16. The number of carbonyl (C=O) groups is 1. The van der Waals surface area contributed by atoms with E-state index in [2.05, 4.69) is 41.8 Å². The number of carbonyl (C=O) groups excluding carboxylic acids is 1. The van der Waals surface area contributed by atoms with Crippen molar-refractivity contribution in [2.45, 2.75) is 32.7 Å². The van der Waals surface area contributed by atoms with Gasteiger partial charge in [-0.15, -0.1) is 0 Å². The first kappa shape index (κ1) is 16.4. The first-order valence-electron chi connectivity index (χ1n) is 6.69. The van der Waals surface area contributed by atoms with Crippen LogP contribution in [0.3, 0.4) is 0 Å². The number of ketones is 1. The Morgan fingerprint density at radius 3 is 2.36 bits per heavy atom. The van der Waals surface area contributed by atoms with E-state index in [-0.39, 0.29) is 28.0 Å². The van der Waals surface area contributed by atoms with Crippen molar-refractivity contribution in [1.82, 2.24) is 9.78 Å². The highest BCUT2D eigenvalue weighted by Crippen LogP contribution is 2.23. The quantitative estimate of drug-likeness (QED) is 0.469. The van der Waals surface area contributed by atoms with E-state index in [1.807, 2.05) is 12.1 Å². The second kappa shape index (κ2) is 6.00. The maximum absolute atomic E-state index is 12.2. The summed E-state index contributed by atoms with van der Waals surface area (Å²) in [5.41, 5.74) is 1.72. The van der Waals surface area contributed by atoms with Crippen molar-refractivity contribution in [1.29, 1.82) is 0 Å². The molecule has 0 bridgehead atoms. The van der Waals surface area contributed by atoms with Crippen LogP contribution in [0.1, 0.15) is 36.7 Å². The van der Waals surface area contributed by atoms with Crippen molar-refractivity contribution < 1.29 is 9.72 Å². The van der Waals surface area contributed by atoms with Gasteiger partial charge in [0.1, 0.15) is 11.0 Å². The third-order valence-corrected chi connectivity index (χ3v) is 3.81. The summed E-state index contributed by atoms with van der Waals surface area (Å²) in [5.74, 6) is -0.443. The van der Waals surface area contributed by atoms with Crippen molar-refractivity contribution in [2.75, 3.05) is 0 Å². The number of rotatable bonds is 4. The molecule has 6 nitrogen and oxygen atoms in total. The first-order valence-corrected chi connectivity index (χ1v) is 7.49. The fourth-order valence-electron chi connectivity index (χ4n) is 1.99. The van der Waals surface area contributed by atoms with Crippen LogP contribution in [0.2, 0.25) is 0 Å². The van der Waals surface area contributed by atoms with Crippen LogP contribution < -0.4 is 0 Å². The van der Waals surface area contributed by atoms with Crippen LogP contribution in [0.4, 0.5) is 5.82 Å². The Morgan fingerprint density at radius 2 is 1.91 bits per heavy atom. The minimum atomic E-state index is -0.594. The van der Waals surface area contributed by atoms with Crippen LogP contribution in [-0.4, -0.2) is 20.5 Å². The van der Waals surface area contributed by atoms with Gasteiger partial charge in [0.25, 0.3) is 0 Å². The van der Waals surface area contributed by atoms with Crippen LogP contribution in [-0.2, 0) is 12.0 Å². The minimum absolute atomic E-state index is 0.0229. The van der Waals surface area contributed by atoms with Gasteiger partial charge in [-0.25, -0.2) is 0 Å². The Kier molecular flexibility index (Phi) is 4.46. The molecule has 2 aromatic rings. The second-order valence-corrected chi connectivity index (χ2v) is 6.86. The van der Waals surface area contributed by atoms with E-state index in [4.69, 9.17) is 0 Å². The monoisotopic (exact) mass is 365 g/mol. The molecule has 0 aliphatic rings. The lowest BCUT2D eigenvalue weighted by molar-refractivity contribution is -0.390. The highest BCUT2D eigenvalue weighted by atomic mass is 79.9. The molecule has 0 aliphatic carbocycles. The summed E-state index contributed by atoms with van der Waals surface area (Å²) >= 11 is 3.06. The molecule has 0 N–H and O–H groups in total. The summed E-state index contributed by atoms with van der Waals surface area (Å²) in [4.78, 5) is 22.4. The number of hydrogen-bond acceptors (Lipinski definition) is 4. The average molecular weight is 366 g/mol. The van der Waals surface area contributed by atoms with Crippen LogP contribution in [0.5, 0.6) is 0 Å². The van der Waals surface area contributed by atoms with E-state index in [9.17, 15) is 14.9 Å². The van der Waals surface area contributed by atoms with Gasteiger partial charge in [-0.05, 0) is 31.8 Å². The number of hydrogen-bond donors (Lipinski definition) is 0. The molecule has 0 radical (unpaired) electrons. The molecule has 2 rings (SSSR count). The van der Waals surface area contributed by atoms with E-state index < -0.39 is 4.92 Å². The van der Waals surface area contributed by atoms with Crippen molar-refractivity contribution in [3.63, 3.8) is 0 Å². The highest BCUT2D eigenvalue weighted by Gasteiger charge is 2.20. The summed E-state index contributed by atoms with van der Waals surface area (Å²) in [6.07, 6.45) is 1.43. The third kappa shape index (κ3) is 3.59. The van der Waals surface area contributed by atoms with E-state index in [0.29, 0.717) is 5.56 Å². The molecule has 1 aromatic heterocycles. The number of benzene rings is 1. The fraction of sp³-hybridized carbons (Fsp3) is 0.333. The predicted octanol–water partition coefficient (Wildman–Crippen LogP) is 3.73. The van der Waals surface area contributed by atoms with Gasteiger partial charge in [-0.2, -0.15) is 4.68 Å². The maximum Gasteiger partial charge on any atom is 0.404 e. The summed E-state index contributed by atoms with van der Waals surface area (Å²) < 4.78 is 1.52. The molecule has 1 heterocycles. The molecule has 0 spiro atoms. The molecule has 1 aromatic carbocycles. The molecule has 22 heavy (non-hydrogen) atoms. The Labute approximate surface area is 136 Å². The average Bonchev–Trinajstić information content (AvgIpc) is 2.79. The normalized spacial score (nSPS) is 11.5. The van der Waals surface area contributed by atoms with E-state index in [1.54, 1.807) is 12.1 Å². The second-order valence-electron chi connectivity index (χ2n) is 6.01. The van der Waals surface area contributed by atoms with Gasteiger partial charge >= 0.3 is 5.82 Å². The molecule has 116 valence electrons. The maximum atomic E-state index is 12.2. The van der Waals surface area contributed by atoms with Crippen molar-refractivity contribution in [3.8, 4) is 0 Å². The first-order chi connectivity index (χ1) is 10.2. The number of halogens is 1. The molecular weight excluding hydrogens is 350 g/mol. The van der Waals surface area contributed by atoms with Gasteiger partial charge in [-0.3, -0.25) is 4.79 Å². The van der Waals surface area contributed by atoms with Gasteiger partial charge in [0.05, 0.1) is 11.3 Å². The molecule has 0 saturated heterocycles. The smallest absolute Gasteiger partial charge is 0.358 e. The van der Waals surface area contributed by atoms with E-state index >= 15 is 0 Å². The predicted molar refractivity (Wildman–Crippen MR) is 86.1 cm³/mol. The summed E-state index contributed by atoms with van der Waals surface area (Å²) in [7, 11) is 0. The molecule has 0 fully saturated rings. The lowest BCUT2D eigenvalue weighted by Gasteiger charge is -2.18. The van der Waals surface area contributed by atoms with Gasteiger partial charge in [0.2, 0.25) is 0 Å². The summed E-state index contributed by atoms with van der Waals surface area (Å²) in [6.45, 7) is 6.26. The summed E-state index contributed by atoms with van der Waals surface area (Å²) in [6, 6.07) is 7.40. The summed E-state index contributed by atoms with van der Waals surface area (Å²) in [5, 5.41) is 14.5. The Morgan fingerprint density at radius 1 is 1.32 bits per heavy atom. The van der Waals surface area contributed by atoms with Gasteiger partial charge < -0.3 is 10.1 Å². The molecule has 0 unspecified atom stereocenters. The van der Waals surface area contributed by atoms with Crippen LogP contribution in [0.25, 0.3) is 0 Å². The number of nitrogens with zero attached hydrogens (tertiary/aromatic N) is 3. The van der Waals surface area contributed by atoms with Gasteiger partial charge in [0.15, 0.2) is 5.78 Å². The van der Waals surface area contributed by atoms with Gasteiger partial charge in [-0.1, -0.05) is 45.0 Å².